The van der Waals surface area contributed by atoms with E-state index in [0.717, 1.165) is 0 Å². The van der Waals surface area contributed by atoms with Crippen LogP contribution in [0.15, 0.2) is 48.4 Å². The molecule has 1 aromatic rings. The predicted molar refractivity (Wildman–Crippen MR) is 69.8 cm³/mol. The summed E-state index contributed by atoms with van der Waals surface area (Å²) in [6.07, 6.45) is -0.0391. The van der Waals surface area contributed by atoms with E-state index < -0.39 is 12.0 Å². The minimum atomic E-state index is -4.90. The van der Waals surface area contributed by atoms with Gasteiger partial charge in [0.05, 0.1) is 0 Å². The van der Waals surface area contributed by atoms with Crippen molar-refractivity contribution >= 4 is 11.6 Å². The Morgan fingerprint density at radius 2 is 2.05 bits per heavy atom. The summed E-state index contributed by atoms with van der Waals surface area (Å²) >= 11 is 0. The molecule has 1 aromatic heterocycles. The molecule has 0 aliphatic carbocycles. The molecule has 0 radical (unpaired) electrons. The lowest BCUT2D eigenvalue weighted by atomic mass is 10.2. The van der Waals surface area contributed by atoms with Gasteiger partial charge in [-0.3, -0.25) is 4.79 Å². The molecule has 108 valence electrons. The van der Waals surface area contributed by atoms with Gasteiger partial charge in [0.2, 0.25) is 0 Å². The van der Waals surface area contributed by atoms with Gasteiger partial charge in [-0.05, 0) is 18.2 Å². The summed E-state index contributed by atoms with van der Waals surface area (Å²) in [7, 11) is 3.42. The zero-order valence-corrected chi connectivity index (χ0v) is 11.0. The SMILES string of the molecule is CN(C)/C=C/C(=CC(=O)C(F)(F)F)Nc1ccccn1. The van der Waals surface area contributed by atoms with E-state index in [9.17, 15) is 18.0 Å². The second-order valence-corrected chi connectivity index (χ2v) is 4.08. The number of hydrogen-bond acceptors (Lipinski definition) is 4. The molecule has 7 heteroatoms. The van der Waals surface area contributed by atoms with Gasteiger partial charge in [0.15, 0.2) is 0 Å². The van der Waals surface area contributed by atoms with Crippen molar-refractivity contribution in [1.29, 1.82) is 0 Å². The van der Waals surface area contributed by atoms with E-state index in [1.807, 2.05) is 0 Å². The molecule has 0 fully saturated rings. The van der Waals surface area contributed by atoms with Gasteiger partial charge in [-0.15, -0.1) is 0 Å². The van der Waals surface area contributed by atoms with Gasteiger partial charge in [0.1, 0.15) is 5.82 Å². The zero-order chi connectivity index (χ0) is 15.2. The highest BCUT2D eigenvalue weighted by molar-refractivity contribution is 5.95. The Bertz CT molecular complexity index is 507. The molecular weight excluding hydrogens is 271 g/mol. The molecule has 0 amide bonds. The maximum Gasteiger partial charge on any atom is 0.454 e. The Balaban J connectivity index is 2.97. The molecule has 1 heterocycles. The quantitative estimate of drug-likeness (QED) is 0.667. The molecule has 0 bridgehead atoms. The monoisotopic (exact) mass is 285 g/mol. The summed E-state index contributed by atoms with van der Waals surface area (Å²) in [6.45, 7) is 0. The smallest absolute Gasteiger partial charge is 0.383 e. The van der Waals surface area contributed by atoms with Crippen molar-refractivity contribution in [2.24, 2.45) is 0 Å². The van der Waals surface area contributed by atoms with Crippen LogP contribution in [0.5, 0.6) is 0 Å². The number of allylic oxidation sites excluding steroid dienone is 2. The molecule has 0 unspecified atom stereocenters. The molecule has 0 saturated carbocycles. The minimum absolute atomic E-state index is 0.000255. The summed E-state index contributed by atoms with van der Waals surface area (Å²) in [6, 6.07) is 4.93. The van der Waals surface area contributed by atoms with Crippen molar-refractivity contribution in [2.75, 3.05) is 19.4 Å². The normalized spacial score (nSPS) is 12.6. The van der Waals surface area contributed by atoms with Crippen molar-refractivity contribution in [3.8, 4) is 0 Å². The summed E-state index contributed by atoms with van der Waals surface area (Å²) < 4.78 is 36.8. The lowest BCUT2D eigenvalue weighted by Crippen LogP contribution is -2.21. The first kappa shape index (κ1) is 15.7. The number of pyridine rings is 1. The first-order chi connectivity index (χ1) is 9.29. The average Bonchev–Trinajstić information content (AvgIpc) is 2.36. The molecule has 0 aromatic carbocycles. The Hall–Kier alpha value is -2.31. The lowest BCUT2D eigenvalue weighted by molar-refractivity contribution is -0.165. The second kappa shape index (κ2) is 6.74. The number of nitrogens with one attached hydrogen (secondary N) is 1. The second-order valence-electron chi connectivity index (χ2n) is 4.08. The molecule has 1 rings (SSSR count). The summed E-state index contributed by atoms with van der Waals surface area (Å²) in [4.78, 5) is 16.6. The predicted octanol–water partition coefficient (Wildman–Crippen LogP) is 2.58. The van der Waals surface area contributed by atoms with Crippen LogP contribution in [0.4, 0.5) is 19.0 Å². The van der Waals surface area contributed by atoms with Crippen molar-refractivity contribution < 1.29 is 18.0 Å². The molecular formula is C13H14F3N3O. The fraction of sp³-hybridized carbons (Fsp3) is 0.231. The highest BCUT2D eigenvalue weighted by Crippen LogP contribution is 2.18. The molecule has 4 nitrogen and oxygen atoms in total. The Labute approximate surface area is 114 Å². The largest absolute Gasteiger partial charge is 0.454 e. The van der Waals surface area contributed by atoms with Crippen LogP contribution in [0.25, 0.3) is 0 Å². The van der Waals surface area contributed by atoms with Gasteiger partial charge in [-0.2, -0.15) is 13.2 Å². The standard InChI is InChI=1S/C13H14F3N3O/c1-19(2)8-6-10(9-11(20)13(14,15)16)18-12-5-3-4-7-17-12/h3-9H,1-2H3,(H,17,18)/b8-6+,10-9?. The minimum Gasteiger partial charge on any atom is -0.383 e. The number of nitrogens with zero attached hydrogens (tertiary/aromatic N) is 2. The van der Waals surface area contributed by atoms with Gasteiger partial charge < -0.3 is 10.2 Å². The Kier molecular flexibility index (Phi) is 5.31. The highest BCUT2D eigenvalue weighted by Gasteiger charge is 2.36. The molecule has 1 N–H and O–H groups in total. The third-order valence-corrected chi connectivity index (χ3v) is 2.06. The van der Waals surface area contributed by atoms with Crippen LogP contribution >= 0.6 is 0 Å². The molecule has 0 atom stereocenters. The van der Waals surface area contributed by atoms with Crippen LogP contribution in [0.2, 0.25) is 0 Å². The molecule has 0 aliphatic rings. The number of carbonyl (C=O) groups is 1. The fourth-order valence-corrected chi connectivity index (χ4v) is 1.16. The average molecular weight is 285 g/mol. The highest BCUT2D eigenvalue weighted by atomic mass is 19.4. The molecule has 0 spiro atoms. The maximum atomic E-state index is 12.3. The van der Waals surface area contributed by atoms with Crippen molar-refractivity contribution in [1.82, 2.24) is 9.88 Å². The van der Waals surface area contributed by atoms with E-state index in [1.165, 1.54) is 18.5 Å². The van der Waals surface area contributed by atoms with E-state index in [4.69, 9.17) is 0 Å². The topological polar surface area (TPSA) is 45.2 Å². The molecule has 0 aliphatic heterocycles. The van der Waals surface area contributed by atoms with E-state index in [0.29, 0.717) is 11.9 Å². The molecule has 0 saturated heterocycles. The summed E-state index contributed by atoms with van der Waals surface area (Å²) in [5, 5.41) is 2.65. The number of alkyl halides is 3. The van der Waals surface area contributed by atoms with Crippen LogP contribution in [0, 0.1) is 0 Å². The van der Waals surface area contributed by atoms with Crippen LogP contribution in [-0.4, -0.2) is 35.9 Å². The lowest BCUT2D eigenvalue weighted by Gasteiger charge is -2.09. The number of ketones is 1. The third kappa shape index (κ3) is 5.55. The van der Waals surface area contributed by atoms with E-state index in [1.54, 1.807) is 37.2 Å². The van der Waals surface area contributed by atoms with Gasteiger partial charge in [-0.1, -0.05) is 6.07 Å². The number of anilines is 1. The summed E-state index contributed by atoms with van der Waals surface area (Å²) in [5.41, 5.74) is -0.000255. The number of halogens is 3. The van der Waals surface area contributed by atoms with Crippen molar-refractivity contribution in [3.05, 3.63) is 48.4 Å². The first-order valence-corrected chi connectivity index (χ1v) is 5.64. The number of aromatic nitrogens is 1. The van der Waals surface area contributed by atoms with E-state index in [-0.39, 0.29) is 5.70 Å². The van der Waals surface area contributed by atoms with Gasteiger partial charge in [-0.25, -0.2) is 4.98 Å². The van der Waals surface area contributed by atoms with Crippen LogP contribution in [-0.2, 0) is 4.79 Å². The number of rotatable bonds is 5. The summed E-state index contributed by atoms with van der Waals surface area (Å²) in [5.74, 6) is -1.59. The Morgan fingerprint density at radius 3 is 2.55 bits per heavy atom. The van der Waals surface area contributed by atoms with Gasteiger partial charge >= 0.3 is 6.18 Å². The van der Waals surface area contributed by atoms with E-state index >= 15 is 0 Å². The zero-order valence-electron chi connectivity index (χ0n) is 11.0. The van der Waals surface area contributed by atoms with Gasteiger partial charge in [0.25, 0.3) is 5.78 Å². The number of hydrogen-bond donors (Lipinski definition) is 1. The van der Waals surface area contributed by atoms with Crippen LogP contribution < -0.4 is 5.32 Å². The fourth-order valence-electron chi connectivity index (χ4n) is 1.16. The van der Waals surface area contributed by atoms with E-state index in [2.05, 4.69) is 10.3 Å². The van der Waals surface area contributed by atoms with Crippen molar-refractivity contribution in [3.63, 3.8) is 0 Å². The maximum absolute atomic E-state index is 12.3. The molecule has 20 heavy (non-hydrogen) atoms. The van der Waals surface area contributed by atoms with Crippen LogP contribution in [0.1, 0.15) is 0 Å². The Morgan fingerprint density at radius 1 is 1.35 bits per heavy atom. The third-order valence-electron chi connectivity index (χ3n) is 2.06. The number of carbonyl (C=O) groups excluding carboxylic acids is 1. The van der Waals surface area contributed by atoms with Gasteiger partial charge in [0, 0.05) is 38.3 Å². The first-order valence-electron chi connectivity index (χ1n) is 5.64. The van der Waals surface area contributed by atoms with Crippen LogP contribution in [0.3, 0.4) is 0 Å². The van der Waals surface area contributed by atoms with Crippen molar-refractivity contribution in [2.45, 2.75) is 6.18 Å².